The Hall–Kier alpha value is -3.94. The van der Waals surface area contributed by atoms with E-state index >= 15 is 0 Å². The highest BCUT2D eigenvalue weighted by molar-refractivity contribution is 6.00. The van der Waals surface area contributed by atoms with E-state index in [4.69, 9.17) is 19.1 Å². The molecule has 0 radical (unpaired) electrons. The maximum atomic E-state index is 13.0. The zero-order valence-corrected chi connectivity index (χ0v) is 23.9. The van der Waals surface area contributed by atoms with Crippen molar-refractivity contribution in [3.05, 3.63) is 47.9 Å². The van der Waals surface area contributed by atoms with Gasteiger partial charge in [-0.05, 0) is 57.1 Å². The van der Waals surface area contributed by atoms with Gasteiger partial charge in [0.15, 0.2) is 5.65 Å². The van der Waals surface area contributed by atoms with E-state index in [1.165, 1.54) is 0 Å². The zero-order valence-electron chi connectivity index (χ0n) is 23.9. The Labute approximate surface area is 244 Å². The van der Waals surface area contributed by atoms with Crippen LogP contribution in [0.2, 0.25) is 0 Å². The lowest BCUT2D eigenvalue weighted by molar-refractivity contribution is 0.0632. The van der Waals surface area contributed by atoms with Crippen LogP contribution in [0.15, 0.2) is 35.2 Å². The predicted molar refractivity (Wildman–Crippen MR) is 155 cm³/mol. The average Bonchev–Trinajstić information content (AvgIpc) is 3.77. The third-order valence-electron chi connectivity index (χ3n) is 7.21. The highest BCUT2D eigenvalue weighted by Crippen LogP contribution is 2.37. The van der Waals surface area contributed by atoms with Crippen LogP contribution in [-0.4, -0.2) is 67.3 Å². The summed E-state index contributed by atoms with van der Waals surface area (Å²) in [6, 6.07) is 3.29. The summed E-state index contributed by atoms with van der Waals surface area (Å²) in [5.41, 5.74) is 4.28. The van der Waals surface area contributed by atoms with Crippen LogP contribution in [0, 0.1) is 6.92 Å². The lowest BCUT2D eigenvalue weighted by atomic mass is 10.0. The molecule has 5 rings (SSSR count). The first-order valence-corrected chi connectivity index (χ1v) is 14.6. The number of hydrogen-bond acceptors (Lipinski definition) is 10. The van der Waals surface area contributed by atoms with Gasteiger partial charge in [-0.25, -0.2) is 14.3 Å². The Morgan fingerprint density at radius 3 is 2.74 bits per heavy atom. The summed E-state index contributed by atoms with van der Waals surface area (Å²) in [6.07, 6.45) is 12.9. The maximum Gasteiger partial charge on any atom is 0.323 e. The van der Waals surface area contributed by atoms with Crippen molar-refractivity contribution in [2.45, 2.75) is 70.8 Å². The Kier molecular flexibility index (Phi) is 10.4. The first-order chi connectivity index (χ1) is 20.6. The van der Waals surface area contributed by atoms with Crippen molar-refractivity contribution >= 4 is 23.1 Å². The third-order valence-corrected chi connectivity index (χ3v) is 7.21. The number of aliphatic hydroxyl groups is 1. The third kappa shape index (κ3) is 7.66. The molecule has 4 aromatic heterocycles. The lowest BCUT2D eigenvalue weighted by Crippen LogP contribution is -2.22. The number of ether oxygens (including phenoxy) is 2. The molecule has 3 N–H and O–H groups in total. The van der Waals surface area contributed by atoms with E-state index in [2.05, 4.69) is 35.8 Å². The fraction of sp³-hybridized carbons (Fsp3) is 0.517. The molecule has 4 aromatic rings. The Balaban J connectivity index is 1.11. The molecule has 1 aliphatic carbocycles. The average molecular weight is 579 g/mol. The van der Waals surface area contributed by atoms with E-state index in [1.54, 1.807) is 18.6 Å². The number of carbonyl (C=O) groups is 1. The number of amides is 2. The second-order valence-electron chi connectivity index (χ2n) is 10.4. The molecule has 13 heteroatoms. The summed E-state index contributed by atoms with van der Waals surface area (Å²) in [4.78, 5) is 26.3. The predicted octanol–water partition coefficient (Wildman–Crippen LogP) is 4.87. The van der Waals surface area contributed by atoms with E-state index in [9.17, 15) is 4.79 Å². The quantitative estimate of drug-likeness (QED) is 0.166. The summed E-state index contributed by atoms with van der Waals surface area (Å²) < 4.78 is 18.3. The first kappa shape index (κ1) is 29.5. The molecule has 224 valence electrons. The number of urea groups is 1. The van der Waals surface area contributed by atoms with Crippen LogP contribution < -0.4 is 10.6 Å². The lowest BCUT2D eigenvalue weighted by Gasteiger charge is -2.17. The van der Waals surface area contributed by atoms with Gasteiger partial charge in [0.2, 0.25) is 5.82 Å². The molecular formula is C29H38N8O5. The van der Waals surface area contributed by atoms with Gasteiger partial charge in [0.25, 0.3) is 5.89 Å². The molecular weight excluding hydrogens is 540 g/mol. The minimum Gasteiger partial charge on any atom is -0.396 e. The number of nitrogens with one attached hydrogen (secondary N) is 2. The largest absolute Gasteiger partial charge is 0.396 e. The number of rotatable bonds is 15. The molecule has 0 saturated heterocycles. The SMILES string of the molecule is Cc1cc(NC(=O)Nc2cnc3ccnn3c2C2CCCC2)cnc1-c1noc(COCCCOCCCCCO)n1. The van der Waals surface area contributed by atoms with E-state index in [-0.39, 0.29) is 19.2 Å². The van der Waals surface area contributed by atoms with Crippen LogP contribution in [-0.2, 0) is 16.1 Å². The number of unbranched alkanes of at least 4 members (excludes halogenated alkanes) is 2. The van der Waals surface area contributed by atoms with Crippen molar-refractivity contribution in [1.82, 2.24) is 29.7 Å². The van der Waals surface area contributed by atoms with Crippen LogP contribution in [0.4, 0.5) is 16.2 Å². The molecule has 42 heavy (non-hydrogen) atoms. The molecule has 1 aliphatic rings. The van der Waals surface area contributed by atoms with Gasteiger partial charge in [-0.15, -0.1) is 0 Å². The van der Waals surface area contributed by atoms with Crippen LogP contribution in [0.5, 0.6) is 0 Å². The Bertz CT molecular complexity index is 1450. The van der Waals surface area contributed by atoms with Crippen LogP contribution >= 0.6 is 0 Å². The second-order valence-corrected chi connectivity index (χ2v) is 10.4. The summed E-state index contributed by atoms with van der Waals surface area (Å²) in [7, 11) is 0. The van der Waals surface area contributed by atoms with E-state index in [0.717, 1.165) is 68.3 Å². The van der Waals surface area contributed by atoms with Crippen molar-refractivity contribution in [3.63, 3.8) is 0 Å². The number of aryl methyl sites for hydroxylation is 1. The highest BCUT2D eigenvalue weighted by Gasteiger charge is 2.25. The molecule has 0 aromatic carbocycles. The minimum absolute atomic E-state index is 0.199. The van der Waals surface area contributed by atoms with Crippen molar-refractivity contribution < 1.29 is 23.9 Å². The molecule has 4 heterocycles. The van der Waals surface area contributed by atoms with Gasteiger partial charge < -0.3 is 29.7 Å². The van der Waals surface area contributed by atoms with Gasteiger partial charge in [0, 0.05) is 38.4 Å². The van der Waals surface area contributed by atoms with E-state index in [1.807, 2.05) is 23.6 Å². The zero-order chi connectivity index (χ0) is 29.1. The number of anilines is 2. The van der Waals surface area contributed by atoms with Gasteiger partial charge >= 0.3 is 6.03 Å². The van der Waals surface area contributed by atoms with Crippen LogP contribution in [0.25, 0.3) is 17.2 Å². The summed E-state index contributed by atoms with van der Waals surface area (Å²) in [5, 5.41) is 23.1. The van der Waals surface area contributed by atoms with E-state index in [0.29, 0.717) is 54.5 Å². The van der Waals surface area contributed by atoms with Crippen LogP contribution in [0.3, 0.4) is 0 Å². The van der Waals surface area contributed by atoms with Gasteiger partial charge in [-0.2, -0.15) is 10.1 Å². The second kappa shape index (κ2) is 14.8. The first-order valence-electron chi connectivity index (χ1n) is 14.6. The molecule has 1 fully saturated rings. The Morgan fingerprint density at radius 2 is 1.90 bits per heavy atom. The number of nitrogens with zero attached hydrogens (tertiary/aromatic N) is 6. The number of aliphatic hydroxyl groups excluding tert-OH is 1. The van der Waals surface area contributed by atoms with E-state index < -0.39 is 0 Å². The number of aromatic nitrogens is 6. The molecule has 2 amide bonds. The minimum atomic E-state index is -0.386. The van der Waals surface area contributed by atoms with Gasteiger partial charge in [-0.3, -0.25) is 4.98 Å². The molecule has 13 nitrogen and oxygen atoms in total. The maximum absolute atomic E-state index is 13.0. The molecule has 1 saturated carbocycles. The summed E-state index contributed by atoms with van der Waals surface area (Å²) in [5.74, 6) is 1.04. The number of carbonyl (C=O) groups excluding carboxylic acids is 1. The van der Waals surface area contributed by atoms with Crippen molar-refractivity contribution in [2.24, 2.45) is 0 Å². The number of fused-ring (bicyclic) bond motifs is 1. The van der Waals surface area contributed by atoms with Crippen molar-refractivity contribution in [2.75, 3.05) is 37.1 Å². The molecule has 0 bridgehead atoms. The van der Waals surface area contributed by atoms with Gasteiger partial charge in [-0.1, -0.05) is 18.0 Å². The van der Waals surface area contributed by atoms with Gasteiger partial charge in [0.1, 0.15) is 12.3 Å². The molecule has 0 unspecified atom stereocenters. The summed E-state index contributed by atoms with van der Waals surface area (Å²) >= 11 is 0. The summed E-state index contributed by atoms with van der Waals surface area (Å²) in [6.45, 7) is 4.13. The van der Waals surface area contributed by atoms with Crippen molar-refractivity contribution in [3.8, 4) is 11.5 Å². The molecule has 0 atom stereocenters. The number of hydrogen-bond donors (Lipinski definition) is 3. The Morgan fingerprint density at radius 1 is 1.07 bits per heavy atom. The highest BCUT2D eigenvalue weighted by atomic mass is 16.5. The fourth-order valence-corrected chi connectivity index (χ4v) is 5.17. The standard InChI is InChI=1S/C29H38N8O5/c1-20-16-22(33-29(39)34-23-18-30-24-10-11-32-37(24)27(23)21-8-3-4-9-21)17-31-26(20)28-35-25(42-36-28)19-41-15-7-14-40-13-6-2-5-12-38/h10-11,16-18,21,38H,2-9,12-15,19H2,1H3,(H2,33,34,39). The van der Waals surface area contributed by atoms with Crippen molar-refractivity contribution in [1.29, 1.82) is 0 Å². The van der Waals surface area contributed by atoms with Gasteiger partial charge in [0.05, 0.1) is 35.7 Å². The van der Waals surface area contributed by atoms with Crippen LogP contribution in [0.1, 0.15) is 74.4 Å². The monoisotopic (exact) mass is 578 g/mol. The fourth-order valence-electron chi connectivity index (χ4n) is 5.17. The topological polar surface area (TPSA) is 162 Å². The molecule has 0 aliphatic heterocycles. The number of pyridine rings is 1. The smallest absolute Gasteiger partial charge is 0.323 e. The normalized spacial score (nSPS) is 13.7. The molecule has 0 spiro atoms.